The van der Waals surface area contributed by atoms with Gasteiger partial charge in [0.1, 0.15) is 5.75 Å². The average molecular weight is 300 g/mol. The van der Waals surface area contributed by atoms with Crippen molar-refractivity contribution in [3.8, 4) is 17.2 Å². The Hall–Kier alpha value is -2.16. The second kappa shape index (κ2) is 6.73. The molecule has 2 aromatic rings. The molecule has 0 saturated heterocycles. The minimum absolute atomic E-state index is 0.152. The summed E-state index contributed by atoms with van der Waals surface area (Å²) in [4.78, 5) is 0. The van der Waals surface area contributed by atoms with Crippen molar-refractivity contribution in [3.05, 3.63) is 52.1 Å². The number of phenols is 2. The van der Waals surface area contributed by atoms with Gasteiger partial charge in [-0.3, -0.25) is 0 Å². The summed E-state index contributed by atoms with van der Waals surface area (Å²) in [5, 5.41) is 20.7. The Kier molecular flexibility index (Phi) is 4.96. The number of rotatable bonds is 5. The number of hydrogen-bond donors (Lipinski definition) is 2. The molecule has 0 amide bonds. The van der Waals surface area contributed by atoms with Gasteiger partial charge in [-0.05, 0) is 48.1 Å². The van der Waals surface area contributed by atoms with E-state index in [1.54, 1.807) is 7.11 Å². The number of ether oxygens (including phenoxy) is 1. The van der Waals surface area contributed by atoms with Gasteiger partial charge >= 0.3 is 0 Å². The lowest BCUT2D eigenvalue weighted by molar-refractivity contribution is 0.370. The van der Waals surface area contributed by atoms with Gasteiger partial charge in [0, 0.05) is 12.0 Å². The van der Waals surface area contributed by atoms with Crippen molar-refractivity contribution in [1.82, 2.24) is 0 Å². The van der Waals surface area contributed by atoms with Crippen molar-refractivity contribution >= 4 is 0 Å². The Morgan fingerprint density at radius 3 is 1.95 bits per heavy atom. The Labute approximate surface area is 132 Å². The lowest BCUT2D eigenvalue weighted by Crippen LogP contribution is -1.97. The van der Waals surface area contributed by atoms with E-state index in [4.69, 9.17) is 4.74 Å². The molecule has 0 heterocycles. The summed E-state index contributed by atoms with van der Waals surface area (Å²) >= 11 is 0. The molecule has 0 aliphatic heterocycles. The summed E-state index contributed by atoms with van der Waals surface area (Å²) in [6.45, 7) is 6.06. The fourth-order valence-electron chi connectivity index (χ4n) is 2.70. The molecule has 2 N–H and O–H groups in total. The van der Waals surface area contributed by atoms with Crippen molar-refractivity contribution in [2.45, 2.75) is 40.0 Å². The third-order valence-electron chi connectivity index (χ3n) is 4.07. The first-order valence-corrected chi connectivity index (χ1v) is 7.70. The van der Waals surface area contributed by atoms with E-state index >= 15 is 0 Å². The molecule has 0 spiro atoms. The van der Waals surface area contributed by atoms with Crippen LogP contribution in [0.3, 0.4) is 0 Å². The Balaban J connectivity index is 2.49. The molecular formula is C19H24O3. The monoisotopic (exact) mass is 300 g/mol. The zero-order chi connectivity index (χ0) is 16.3. The van der Waals surface area contributed by atoms with Crippen molar-refractivity contribution < 1.29 is 14.9 Å². The van der Waals surface area contributed by atoms with Gasteiger partial charge < -0.3 is 14.9 Å². The Morgan fingerprint density at radius 1 is 0.864 bits per heavy atom. The van der Waals surface area contributed by atoms with Crippen LogP contribution in [0.25, 0.3) is 0 Å². The van der Waals surface area contributed by atoms with Crippen molar-refractivity contribution in [2.75, 3.05) is 7.11 Å². The first kappa shape index (κ1) is 16.2. The lowest BCUT2D eigenvalue weighted by atomic mass is 9.96. The molecule has 2 aromatic carbocycles. The third kappa shape index (κ3) is 3.19. The molecule has 0 aliphatic carbocycles. The largest absolute Gasteiger partial charge is 0.507 e. The number of aryl methyl sites for hydroxylation is 3. The summed E-state index contributed by atoms with van der Waals surface area (Å²) < 4.78 is 5.25. The summed E-state index contributed by atoms with van der Waals surface area (Å²) in [6, 6.07) is 7.84. The molecule has 0 radical (unpaired) electrons. The van der Waals surface area contributed by atoms with Gasteiger partial charge in [-0.1, -0.05) is 32.0 Å². The lowest BCUT2D eigenvalue weighted by Gasteiger charge is -2.14. The smallest absolute Gasteiger partial charge is 0.161 e. The van der Waals surface area contributed by atoms with Crippen LogP contribution in [0.5, 0.6) is 17.2 Å². The summed E-state index contributed by atoms with van der Waals surface area (Å²) in [6.07, 6.45) is 2.26. The Morgan fingerprint density at radius 2 is 1.41 bits per heavy atom. The van der Waals surface area contributed by atoms with Crippen LogP contribution in [-0.4, -0.2) is 17.3 Å². The molecule has 0 aromatic heterocycles. The molecule has 3 heteroatoms. The second-order valence-corrected chi connectivity index (χ2v) is 5.61. The van der Waals surface area contributed by atoms with Gasteiger partial charge in [-0.15, -0.1) is 0 Å². The maximum Gasteiger partial charge on any atom is 0.161 e. The average Bonchev–Trinajstić information content (AvgIpc) is 2.53. The molecule has 2 rings (SSSR count). The summed E-state index contributed by atoms with van der Waals surface area (Å²) in [5.41, 5.74) is 4.77. The van der Waals surface area contributed by atoms with E-state index in [-0.39, 0.29) is 5.75 Å². The molecular weight excluding hydrogens is 276 g/mol. The maximum absolute atomic E-state index is 10.4. The van der Waals surface area contributed by atoms with Gasteiger partial charge in [0.05, 0.1) is 7.11 Å². The molecule has 22 heavy (non-hydrogen) atoms. The fraction of sp³-hybridized carbons (Fsp3) is 0.368. The third-order valence-corrected chi connectivity index (χ3v) is 4.07. The molecule has 0 aliphatic rings. The highest BCUT2D eigenvalue weighted by molar-refractivity contribution is 5.53. The van der Waals surface area contributed by atoms with Crippen LogP contribution in [0, 0.1) is 6.92 Å². The van der Waals surface area contributed by atoms with Crippen LogP contribution in [0.4, 0.5) is 0 Å². The number of hydrogen-bond acceptors (Lipinski definition) is 3. The van der Waals surface area contributed by atoms with Gasteiger partial charge in [-0.25, -0.2) is 0 Å². The van der Waals surface area contributed by atoms with E-state index in [9.17, 15) is 10.2 Å². The Bertz CT molecular complexity index is 675. The van der Waals surface area contributed by atoms with E-state index in [2.05, 4.69) is 13.8 Å². The number of benzene rings is 2. The highest BCUT2D eigenvalue weighted by atomic mass is 16.5. The highest BCUT2D eigenvalue weighted by Gasteiger charge is 2.14. The molecule has 3 nitrogen and oxygen atoms in total. The quantitative estimate of drug-likeness (QED) is 0.873. The molecule has 0 saturated carbocycles. The summed E-state index contributed by atoms with van der Waals surface area (Å²) in [5.74, 6) is 0.938. The van der Waals surface area contributed by atoms with Crippen molar-refractivity contribution in [2.24, 2.45) is 0 Å². The van der Waals surface area contributed by atoms with E-state index in [0.717, 1.165) is 35.1 Å². The highest BCUT2D eigenvalue weighted by Crippen LogP contribution is 2.35. The first-order chi connectivity index (χ1) is 10.5. The van der Waals surface area contributed by atoms with Crippen LogP contribution in [-0.2, 0) is 19.3 Å². The zero-order valence-corrected chi connectivity index (χ0v) is 13.7. The zero-order valence-electron chi connectivity index (χ0n) is 13.7. The molecule has 0 unspecified atom stereocenters. The van der Waals surface area contributed by atoms with E-state index in [0.29, 0.717) is 17.9 Å². The predicted octanol–water partition coefficient (Wildman–Crippen LogP) is 4.13. The molecule has 0 atom stereocenters. The second-order valence-electron chi connectivity index (χ2n) is 5.61. The number of phenolic OH excluding ortho intramolecular Hbond substituents is 2. The van der Waals surface area contributed by atoms with Gasteiger partial charge in [-0.2, -0.15) is 0 Å². The molecule has 118 valence electrons. The SMILES string of the molecule is CCc1cc(C)c(O)c(Cc2cc(CC)cc(OC)c2O)c1. The topological polar surface area (TPSA) is 49.7 Å². The van der Waals surface area contributed by atoms with Crippen LogP contribution in [0.2, 0.25) is 0 Å². The van der Waals surface area contributed by atoms with Gasteiger partial charge in [0.2, 0.25) is 0 Å². The minimum Gasteiger partial charge on any atom is -0.507 e. The predicted molar refractivity (Wildman–Crippen MR) is 89.1 cm³/mol. The van der Waals surface area contributed by atoms with Crippen LogP contribution >= 0.6 is 0 Å². The maximum atomic E-state index is 10.4. The van der Waals surface area contributed by atoms with Crippen LogP contribution < -0.4 is 4.74 Å². The van der Waals surface area contributed by atoms with E-state index in [1.165, 1.54) is 5.56 Å². The van der Waals surface area contributed by atoms with E-state index < -0.39 is 0 Å². The minimum atomic E-state index is 0.152. The molecule has 0 bridgehead atoms. The van der Waals surface area contributed by atoms with E-state index in [1.807, 2.05) is 31.2 Å². The van der Waals surface area contributed by atoms with Crippen molar-refractivity contribution in [3.63, 3.8) is 0 Å². The first-order valence-electron chi connectivity index (χ1n) is 7.70. The fourth-order valence-corrected chi connectivity index (χ4v) is 2.70. The van der Waals surface area contributed by atoms with Crippen LogP contribution in [0.1, 0.15) is 41.7 Å². The normalized spacial score (nSPS) is 10.7. The number of methoxy groups -OCH3 is 1. The van der Waals surface area contributed by atoms with Crippen LogP contribution in [0.15, 0.2) is 24.3 Å². The van der Waals surface area contributed by atoms with Gasteiger partial charge in [0.25, 0.3) is 0 Å². The summed E-state index contributed by atoms with van der Waals surface area (Å²) in [7, 11) is 1.55. The standard InChI is InChI=1S/C19H24O3/c1-5-13-7-12(3)18(20)15(8-13)11-16-9-14(6-2)10-17(22-4)19(16)21/h7-10,20-21H,5-6,11H2,1-4H3. The molecule has 0 fully saturated rings. The van der Waals surface area contributed by atoms with Gasteiger partial charge in [0.15, 0.2) is 11.5 Å². The number of aromatic hydroxyl groups is 2. The van der Waals surface area contributed by atoms with Crippen molar-refractivity contribution in [1.29, 1.82) is 0 Å².